The van der Waals surface area contributed by atoms with Gasteiger partial charge in [-0.05, 0) is 42.8 Å². The van der Waals surface area contributed by atoms with Crippen LogP contribution in [-0.4, -0.2) is 40.3 Å². The van der Waals surface area contributed by atoms with Crippen LogP contribution in [0.4, 0.5) is 18.9 Å². The highest BCUT2D eigenvalue weighted by atomic mass is 32.2. The summed E-state index contributed by atoms with van der Waals surface area (Å²) in [4.78, 5) is 12.5. The molecule has 0 spiro atoms. The molecule has 31 heavy (non-hydrogen) atoms. The number of carbonyl (C=O) groups is 1. The van der Waals surface area contributed by atoms with Gasteiger partial charge in [-0.3, -0.25) is 9.10 Å². The Morgan fingerprint density at radius 2 is 1.81 bits per heavy atom. The molecule has 11 heteroatoms. The van der Waals surface area contributed by atoms with Crippen LogP contribution in [0.1, 0.15) is 24.1 Å². The Hall–Kier alpha value is -2.95. The van der Waals surface area contributed by atoms with E-state index in [4.69, 9.17) is 9.47 Å². The van der Waals surface area contributed by atoms with Crippen molar-refractivity contribution in [2.45, 2.75) is 19.1 Å². The van der Waals surface area contributed by atoms with E-state index in [9.17, 15) is 26.4 Å². The van der Waals surface area contributed by atoms with Crippen molar-refractivity contribution in [3.05, 3.63) is 53.6 Å². The van der Waals surface area contributed by atoms with E-state index in [-0.39, 0.29) is 5.69 Å². The maximum absolute atomic E-state index is 13.0. The lowest BCUT2D eigenvalue weighted by Gasteiger charge is -2.24. The number of alkyl halides is 3. The van der Waals surface area contributed by atoms with Crippen LogP contribution >= 0.6 is 0 Å². The number of hydrogen-bond donors (Lipinski definition) is 1. The van der Waals surface area contributed by atoms with Crippen molar-refractivity contribution in [2.75, 3.05) is 30.3 Å². The molecule has 1 N–H and O–H groups in total. The fraction of sp³-hybridized carbons (Fsp3) is 0.350. The standard InChI is InChI=1S/C20H21F3N2O5S/c1-13(14-6-7-17-18(10-14)30-9-8-29-17)24-19(26)12-25(31(2,27)28)16-5-3-4-15(11-16)20(21,22)23/h3-7,10-11,13H,8-9,12H2,1-2H3,(H,24,26)/t13-/m0/s1. The molecule has 1 amide bonds. The molecule has 168 valence electrons. The number of carbonyl (C=O) groups excluding carboxylic acids is 1. The van der Waals surface area contributed by atoms with Crippen molar-refractivity contribution >= 4 is 21.6 Å². The van der Waals surface area contributed by atoms with Crippen molar-refractivity contribution in [2.24, 2.45) is 0 Å². The normalized spacial score (nSPS) is 14.6. The van der Waals surface area contributed by atoms with Crippen LogP contribution in [0, 0.1) is 0 Å². The number of anilines is 1. The van der Waals surface area contributed by atoms with Crippen molar-refractivity contribution in [1.29, 1.82) is 0 Å². The second-order valence-corrected chi connectivity index (χ2v) is 8.92. The fourth-order valence-electron chi connectivity index (χ4n) is 3.07. The van der Waals surface area contributed by atoms with E-state index in [0.29, 0.717) is 40.6 Å². The van der Waals surface area contributed by atoms with E-state index in [0.717, 1.165) is 18.4 Å². The van der Waals surface area contributed by atoms with Crippen molar-refractivity contribution in [1.82, 2.24) is 5.32 Å². The Kier molecular flexibility index (Phi) is 6.35. The lowest BCUT2D eigenvalue weighted by molar-refractivity contribution is -0.137. The van der Waals surface area contributed by atoms with Crippen LogP contribution in [-0.2, 0) is 21.0 Å². The van der Waals surface area contributed by atoms with E-state index in [1.807, 2.05) is 0 Å². The zero-order valence-electron chi connectivity index (χ0n) is 16.8. The van der Waals surface area contributed by atoms with Gasteiger partial charge in [-0.25, -0.2) is 8.42 Å². The van der Waals surface area contributed by atoms with Gasteiger partial charge in [0.2, 0.25) is 15.9 Å². The average molecular weight is 458 g/mol. The molecule has 3 rings (SSSR count). The highest BCUT2D eigenvalue weighted by molar-refractivity contribution is 7.92. The summed E-state index contributed by atoms with van der Waals surface area (Å²) in [5, 5.41) is 2.66. The molecule has 1 aliphatic rings. The van der Waals surface area contributed by atoms with E-state index in [1.165, 1.54) is 6.07 Å². The third-order valence-electron chi connectivity index (χ3n) is 4.59. The molecule has 1 aliphatic heterocycles. The number of halogens is 3. The Morgan fingerprint density at radius 3 is 2.45 bits per heavy atom. The number of fused-ring (bicyclic) bond motifs is 1. The van der Waals surface area contributed by atoms with Crippen molar-refractivity contribution < 1.29 is 35.9 Å². The number of sulfonamides is 1. The van der Waals surface area contributed by atoms with Crippen molar-refractivity contribution in [3.63, 3.8) is 0 Å². The highest BCUT2D eigenvalue weighted by Crippen LogP contribution is 2.33. The quantitative estimate of drug-likeness (QED) is 0.719. The molecule has 0 fully saturated rings. The second-order valence-electron chi connectivity index (χ2n) is 7.01. The first-order valence-electron chi connectivity index (χ1n) is 9.29. The number of rotatable bonds is 6. The van der Waals surface area contributed by atoms with Gasteiger partial charge in [0.15, 0.2) is 11.5 Å². The Morgan fingerprint density at radius 1 is 1.13 bits per heavy atom. The first-order chi connectivity index (χ1) is 14.4. The average Bonchev–Trinajstić information content (AvgIpc) is 2.70. The summed E-state index contributed by atoms with van der Waals surface area (Å²) >= 11 is 0. The molecule has 0 aliphatic carbocycles. The van der Waals surface area contributed by atoms with Gasteiger partial charge >= 0.3 is 6.18 Å². The molecule has 2 aromatic rings. The van der Waals surface area contributed by atoms with Crippen LogP contribution in [0.15, 0.2) is 42.5 Å². The molecule has 0 radical (unpaired) electrons. The lowest BCUT2D eigenvalue weighted by Crippen LogP contribution is -2.41. The third kappa shape index (κ3) is 5.60. The van der Waals surface area contributed by atoms with Gasteiger partial charge in [-0.15, -0.1) is 0 Å². The summed E-state index contributed by atoms with van der Waals surface area (Å²) in [6.45, 7) is 1.86. The van der Waals surface area contributed by atoms with E-state index in [2.05, 4.69) is 5.32 Å². The van der Waals surface area contributed by atoms with Gasteiger partial charge in [0.1, 0.15) is 19.8 Å². The molecule has 0 saturated heterocycles. The minimum Gasteiger partial charge on any atom is -0.486 e. The van der Waals surface area contributed by atoms with Gasteiger partial charge in [0.25, 0.3) is 0 Å². The summed E-state index contributed by atoms with van der Waals surface area (Å²) in [7, 11) is -4.02. The maximum atomic E-state index is 13.0. The molecule has 0 bridgehead atoms. The first-order valence-corrected chi connectivity index (χ1v) is 11.1. The number of hydrogen-bond acceptors (Lipinski definition) is 5. The second kappa shape index (κ2) is 8.66. The van der Waals surface area contributed by atoms with Crippen LogP contribution in [0.3, 0.4) is 0 Å². The molecule has 2 aromatic carbocycles. The minimum atomic E-state index is -4.64. The number of amides is 1. The summed E-state index contributed by atoms with van der Waals surface area (Å²) in [6.07, 6.45) is -3.82. The summed E-state index contributed by atoms with van der Waals surface area (Å²) in [6, 6.07) is 8.45. The van der Waals surface area contributed by atoms with E-state index >= 15 is 0 Å². The van der Waals surface area contributed by atoms with Crippen LogP contribution in [0.2, 0.25) is 0 Å². The largest absolute Gasteiger partial charge is 0.486 e. The molecule has 0 unspecified atom stereocenters. The fourth-order valence-corrected chi connectivity index (χ4v) is 3.92. The Labute approximate surface area is 177 Å². The molecular formula is C20H21F3N2O5S. The molecule has 0 saturated carbocycles. The zero-order chi connectivity index (χ0) is 22.8. The maximum Gasteiger partial charge on any atom is 0.416 e. The summed E-state index contributed by atoms with van der Waals surface area (Å²) in [5.41, 5.74) is -0.564. The number of ether oxygens (including phenoxy) is 2. The third-order valence-corrected chi connectivity index (χ3v) is 5.73. The van der Waals surface area contributed by atoms with Crippen LogP contribution in [0.25, 0.3) is 0 Å². The molecule has 0 aromatic heterocycles. The van der Waals surface area contributed by atoms with Gasteiger partial charge in [0.05, 0.1) is 23.5 Å². The topological polar surface area (TPSA) is 84.9 Å². The minimum absolute atomic E-state index is 0.251. The number of nitrogens with one attached hydrogen (secondary N) is 1. The Bertz CT molecular complexity index is 1070. The van der Waals surface area contributed by atoms with E-state index < -0.39 is 40.3 Å². The number of nitrogens with zero attached hydrogens (tertiary/aromatic N) is 1. The first kappa shape index (κ1) is 22.7. The highest BCUT2D eigenvalue weighted by Gasteiger charge is 2.32. The monoisotopic (exact) mass is 458 g/mol. The zero-order valence-corrected chi connectivity index (χ0v) is 17.6. The van der Waals surface area contributed by atoms with Gasteiger partial charge in [-0.2, -0.15) is 13.2 Å². The van der Waals surface area contributed by atoms with Crippen LogP contribution < -0.4 is 19.1 Å². The lowest BCUT2D eigenvalue weighted by atomic mass is 10.1. The van der Waals surface area contributed by atoms with Gasteiger partial charge in [-0.1, -0.05) is 12.1 Å². The molecule has 1 heterocycles. The summed E-state index contributed by atoms with van der Waals surface area (Å²) in [5.74, 6) is 0.443. The van der Waals surface area contributed by atoms with Gasteiger partial charge < -0.3 is 14.8 Å². The van der Waals surface area contributed by atoms with E-state index in [1.54, 1.807) is 25.1 Å². The number of benzene rings is 2. The molecular weight excluding hydrogens is 437 g/mol. The smallest absolute Gasteiger partial charge is 0.416 e. The predicted molar refractivity (Wildman–Crippen MR) is 108 cm³/mol. The summed E-state index contributed by atoms with van der Waals surface area (Å²) < 4.78 is 75.0. The van der Waals surface area contributed by atoms with Crippen LogP contribution in [0.5, 0.6) is 11.5 Å². The van der Waals surface area contributed by atoms with Gasteiger partial charge in [0, 0.05) is 0 Å². The Balaban J connectivity index is 1.76. The SMILES string of the molecule is C[C@H](NC(=O)CN(c1cccc(C(F)(F)F)c1)S(C)(=O)=O)c1ccc2c(c1)OCCO2. The predicted octanol–water partition coefficient (Wildman–Crippen LogP) is 3.12. The van der Waals surface area contributed by atoms with Crippen molar-refractivity contribution in [3.8, 4) is 11.5 Å². The molecule has 7 nitrogen and oxygen atoms in total. The molecule has 1 atom stereocenters.